The Bertz CT molecular complexity index is 1320. The van der Waals surface area contributed by atoms with E-state index in [-0.39, 0.29) is 5.82 Å². The molecule has 2 aromatic carbocycles. The fraction of sp³-hybridized carbons (Fsp3) is 0.0500. The van der Waals surface area contributed by atoms with E-state index in [1.807, 2.05) is 46.5 Å². The molecule has 27 heavy (non-hydrogen) atoms. The van der Waals surface area contributed by atoms with Crippen LogP contribution in [-0.2, 0) is 7.05 Å². The third-order valence-corrected chi connectivity index (χ3v) is 4.66. The number of nitrogen functional groups attached to an aromatic ring is 1. The second-order valence-electron chi connectivity index (χ2n) is 6.38. The van der Waals surface area contributed by atoms with E-state index in [9.17, 15) is 4.39 Å². The van der Waals surface area contributed by atoms with Gasteiger partial charge in [-0.2, -0.15) is 0 Å². The molecule has 0 aliphatic heterocycles. The lowest BCUT2D eigenvalue weighted by Gasteiger charge is -2.14. The molecule has 0 amide bonds. The van der Waals surface area contributed by atoms with Gasteiger partial charge in [0.15, 0.2) is 11.5 Å². The molecule has 6 nitrogen and oxygen atoms in total. The molecule has 0 aliphatic rings. The summed E-state index contributed by atoms with van der Waals surface area (Å²) in [5, 5.41) is 0. The topological polar surface area (TPSA) is 74.0 Å². The highest BCUT2D eigenvalue weighted by Gasteiger charge is 2.18. The quantitative estimate of drug-likeness (QED) is 0.522. The fourth-order valence-electron chi connectivity index (χ4n) is 3.40. The Labute approximate surface area is 153 Å². The van der Waals surface area contributed by atoms with Gasteiger partial charge in [0, 0.05) is 30.6 Å². The van der Waals surface area contributed by atoms with Crippen LogP contribution in [0.2, 0.25) is 0 Å². The van der Waals surface area contributed by atoms with Gasteiger partial charge in [0.05, 0.1) is 28.7 Å². The van der Waals surface area contributed by atoms with Gasteiger partial charge in [-0.15, -0.1) is 0 Å². The molecule has 0 spiro atoms. The van der Waals surface area contributed by atoms with Crippen molar-refractivity contribution in [3.05, 3.63) is 67.0 Å². The summed E-state index contributed by atoms with van der Waals surface area (Å²) in [4.78, 5) is 13.2. The van der Waals surface area contributed by atoms with Crippen LogP contribution in [0.3, 0.4) is 0 Å². The number of rotatable bonds is 2. The van der Waals surface area contributed by atoms with Gasteiger partial charge in [-0.3, -0.25) is 4.40 Å². The van der Waals surface area contributed by atoms with E-state index in [1.54, 1.807) is 18.6 Å². The summed E-state index contributed by atoms with van der Waals surface area (Å²) >= 11 is 0. The highest BCUT2D eigenvalue weighted by Crippen LogP contribution is 2.34. The Balaban J connectivity index is 1.88. The summed E-state index contributed by atoms with van der Waals surface area (Å²) < 4.78 is 17.7. The maximum absolute atomic E-state index is 13.9. The monoisotopic (exact) mass is 358 g/mol. The number of hydrogen-bond acceptors (Lipinski definition) is 4. The lowest BCUT2D eigenvalue weighted by atomic mass is 10.0. The van der Waals surface area contributed by atoms with Crippen LogP contribution in [0.15, 0.2) is 61.2 Å². The molecule has 0 saturated heterocycles. The molecule has 0 bridgehead atoms. The predicted molar refractivity (Wildman–Crippen MR) is 103 cm³/mol. The van der Waals surface area contributed by atoms with Crippen LogP contribution in [0.1, 0.15) is 0 Å². The van der Waals surface area contributed by atoms with E-state index in [0.717, 1.165) is 22.3 Å². The Morgan fingerprint density at radius 1 is 1.04 bits per heavy atom. The Kier molecular flexibility index (Phi) is 3.24. The van der Waals surface area contributed by atoms with Crippen LogP contribution in [-0.4, -0.2) is 23.9 Å². The number of benzene rings is 2. The van der Waals surface area contributed by atoms with Gasteiger partial charge in [0.25, 0.3) is 0 Å². The van der Waals surface area contributed by atoms with Gasteiger partial charge >= 0.3 is 0 Å². The van der Waals surface area contributed by atoms with E-state index in [1.165, 1.54) is 12.1 Å². The number of aromatic nitrogens is 5. The molecule has 3 aromatic heterocycles. The van der Waals surface area contributed by atoms with E-state index in [4.69, 9.17) is 5.73 Å². The van der Waals surface area contributed by atoms with Crippen LogP contribution in [0.25, 0.3) is 39.2 Å². The number of imidazole rings is 2. The first-order valence-electron chi connectivity index (χ1n) is 8.42. The molecule has 0 saturated carbocycles. The van der Waals surface area contributed by atoms with Crippen molar-refractivity contribution in [3.63, 3.8) is 0 Å². The second-order valence-corrected chi connectivity index (χ2v) is 6.38. The molecule has 3 heterocycles. The van der Waals surface area contributed by atoms with Crippen LogP contribution in [0.5, 0.6) is 0 Å². The zero-order valence-electron chi connectivity index (χ0n) is 14.5. The Morgan fingerprint density at radius 2 is 1.93 bits per heavy atom. The molecule has 7 heteroatoms. The minimum atomic E-state index is -0.327. The van der Waals surface area contributed by atoms with Crippen LogP contribution in [0.4, 0.5) is 10.2 Å². The molecular formula is C20H15FN6. The molecule has 0 fully saturated rings. The Hall–Kier alpha value is -3.74. The minimum absolute atomic E-state index is 0.296. The third-order valence-electron chi connectivity index (χ3n) is 4.66. The third kappa shape index (κ3) is 2.36. The first kappa shape index (κ1) is 15.5. The SMILES string of the molecule is Cn1cnc2ccc(-c3c(-c4cccc(F)c4)nc(N)c4nccn34)cc21. The van der Waals surface area contributed by atoms with Crippen molar-refractivity contribution in [1.82, 2.24) is 23.9 Å². The lowest BCUT2D eigenvalue weighted by molar-refractivity contribution is 0.628. The Morgan fingerprint density at radius 3 is 2.78 bits per heavy atom. The minimum Gasteiger partial charge on any atom is -0.381 e. The molecule has 2 N–H and O–H groups in total. The fourth-order valence-corrected chi connectivity index (χ4v) is 3.40. The summed E-state index contributed by atoms with van der Waals surface area (Å²) in [6, 6.07) is 12.3. The number of fused-ring (bicyclic) bond motifs is 2. The number of nitrogens with two attached hydrogens (primary N) is 1. The number of hydrogen-bond donors (Lipinski definition) is 1. The van der Waals surface area contributed by atoms with Crippen molar-refractivity contribution in [1.29, 1.82) is 0 Å². The number of halogens is 1. The molecule has 0 aliphatic carbocycles. The largest absolute Gasteiger partial charge is 0.381 e. The summed E-state index contributed by atoms with van der Waals surface area (Å²) in [6.45, 7) is 0. The normalized spacial score (nSPS) is 11.5. The van der Waals surface area contributed by atoms with Gasteiger partial charge in [-0.05, 0) is 24.3 Å². The molecule has 0 unspecified atom stereocenters. The molecule has 0 atom stereocenters. The lowest BCUT2D eigenvalue weighted by Crippen LogP contribution is -2.04. The summed E-state index contributed by atoms with van der Waals surface area (Å²) in [7, 11) is 1.95. The van der Waals surface area contributed by atoms with Crippen molar-refractivity contribution in [3.8, 4) is 22.5 Å². The molecule has 0 radical (unpaired) electrons. The molecular weight excluding hydrogens is 343 g/mol. The number of aryl methyl sites for hydroxylation is 1. The van der Waals surface area contributed by atoms with Gasteiger partial charge in [-0.25, -0.2) is 19.3 Å². The first-order valence-corrected chi connectivity index (χ1v) is 8.42. The predicted octanol–water partition coefficient (Wildman–Crippen LogP) is 3.67. The van der Waals surface area contributed by atoms with E-state index in [0.29, 0.717) is 22.7 Å². The number of anilines is 1. The van der Waals surface area contributed by atoms with E-state index < -0.39 is 0 Å². The van der Waals surface area contributed by atoms with Gasteiger partial charge in [0.1, 0.15) is 5.82 Å². The molecule has 5 aromatic rings. The van der Waals surface area contributed by atoms with Crippen molar-refractivity contribution >= 4 is 22.5 Å². The van der Waals surface area contributed by atoms with Gasteiger partial charge < -0.3 is 10.3 Å². The summed E-state index contributed by atoms with van der Waals surface area (Å²) in [5.74, 6) is -0.0312. The van der Waals surface area contributed by atoms with Crippen molar-refractivity contribution in [2.75, 3.05) is 5.73 Å². The zero-order chi connectivity index (χ0) is 18.5. The van der Waals surface area contributed by atoms with Crippen LogP contribution >= 0.6 is 0 Å². The van der Waals surface area contributed by atoms with Crippen LogP contribution < -0.4 is 5.73 Å². The standard InChI is InChI=1S/C20H15FN6/c1-26-11-24-15-6-5-13(10-16(15)26)18-17(12-3-2-4-14(21)9-12)25-19(22)20-23-7-8-27(18)20/h2-11H,1H3,(H2,22,25). The summed E-state index contributed by atoms with van der Waals surface area (Å²) in [5.41, 5.74) is 11.5. The summed E-state index contributed by atoms with van der Waals surface area (Å²) in [6.07, 6.45) is 5.28. The number of nitrogens with zero attached hydrogens (tertiary/aromatic N) is 5. The smallest absolute Gasteiger partial charge is 0.180 e. The van der Waals surface area contributed by atoms with Crippen molar-refractivity contribution < 1.29 is 4.39 Å². The highest BCUT2D eigenvalue weighted by molar-refractivity contribution is 5.88. The zero-order valence-corrected chi connectivity index (χ0v) is 14.5. The maximum Gasteiger partial charge on any atom is 0.180 e. The van der Waals surface area contributed by atoms with Crippen molar-refractivity contribution in [2.24, 2.45) is 7.05 Å². The van der Waals surface area contributed by atoms with Crippen molar-refractivity contribution in [2.45, 2.75) is 0 Å². The first-order chi connectivity index (χ1) is 13.1. The average Bonchev–Trinajstić information content (AvgIpc) is 3.29. The highest BCUT2D eigenvalue weighted by atomic mass is 19.1. The average molecular weight is 358 g/mol. The van der Waals surface area contributed by atoms with Crippen LogP contribution in [0, 0.1) is 5.82 Å². The molecule has 5 rings (SSSR count). The van der Waals surface area contributed by atoms with Gasteiger partial charge in [0.2, 0.25) is 0 Å². The maximum atomic E-state index is 13.9. The second kappa shape index (κ2) is 5.63. The van der Waals surface area contributed by atoms with E-state index in [2.05, 4.69) is 15.0 Å². The molecule has 132 valence electrons. The van der Waals surface area contributed by atoms with E-state index >= 15 is 0 Å². The van der Waals surface area contributed by atoms with Gasteiger partial charge in [-0.1, -0.05) is 18.2 Å².